The molecule has 0 saturated heterocycles. The molecule has 2 atom stereocenters. The molecule has 0 bridgehead atoms. The van der Waals surface area contributed by atoms with E-state index in [4.69, 9.17) is 0 Å². The van der Waals surface area contributed by atoms with E-state index in [0.29, 0.717) is 23.3 Å². The number of hydrogen-bond donors (Lipinski definition) is 3. The van der Waals surface area contributed by atoms with Crippen LogP contribution < -0.4 is 20.1 Å². The summed E-state index contributed by atoms with van der Waals surface area (Å²) in [5, 5.41) is 17.2. The van der Waals surface area contributed by atoms with Gasteiger partial charge >= 0.3 is 6.61 Å². The molecule has 0 radical (unpaired) electrons. The fraction of sp³-hybridized carbons (Fsp3) is 0.565. The zero-order chi connectivity index (χ0) is 30.0. The molecule has 3 N–H and O–H groups in total. The van der Waals surface area contributed by atoms with Gasteiger partial charge in [0.25, 0.3) is 5.92 Å². The molecule has 42 heavy (non-hydrogen) atoms. The number of fused-ring (bicyclic) bond motifs is 1. The van der Waals surface area contributed by atoms with Crippen molar-refractivity contribution >= 4 is 44.0 Å². The molecule has 3 aromatic rings. The summed E-state index contributed by atoms with van der Waals surface area (Å²) in [6.07, 6.45) is 0.792. The largest absolute Gasteiger partial charge is 0.415 e. The first-order chi connectivity index (χ1) is 19.8. The molecule has 3 aliphatic carbocycles. The lowest BCUT2D eigenvalue weighted by Gasteiger charge is -2.30. The molecular formula is C23H25F5N8O4S2. The van der Waals surface area contributed by atoms with Crippen LogP contribution in [-0.2, 0) is 34.7 Å². The third-order valence-electron chi connectivity index (χ3n) is 7.51. The monoisotopic (exact) mass is 636 g/mol. The molecule has 0 unspecified atom stereocenters. The molecule has 1 amide bonds. The van der Waals surface area contributed by atoms with Gasteiger partial charge in [0.1, 0.15) is 34.1 Å². The molecule has 6 rings (SSSR count). The number of sulfonamides is 1. The number of nitrogens with zero attached hydrogens (tertiary/aromatic N) is 5. The summed E-state index contributed by atoms with van der Waals surface area (Å²) in [5.41, 5.74) is 0.408. The molecule has 3 heterocycles. The van der Waals surface area contributed by atoms with Crippen molar-refractivity contribution in [2.75, 3.05) is 10.6 Å². The number of carbonyl (C=O) groups is 1. The highest BCUT2D eigenvalue weighted by Crippen LogP contribution is 2.50. The fourth-order valence-electron chi connectivity index (χ4n) is 5.18. The van der Waals surface area contributed by atoms with Crippen LogP contribution in [0.2, 0.25) is 0 Å². The Hall–Kier alpha value is -3.32. The van der Waals surface area contributed by atoms with E-state index in [2.05, 4.69) is 35.4 Å². The zero-order valence-electron chi connectivity index (χ0n) is 21.9. The van der Waals surface area contributed by atoms with Crippen LogP contribution in [0.3, 0.4) is 0 Å². The van der Waals surface area contributed by atoms with Crippen LogP contribution in [0.15, 0.2) is 17.3 Å². The lowest BCUT2D eigenvalue weighted by molar-refractivity contribution is -0.119. The number of aryl methyl sites for hydroxylation is 2. The van der Waals surface area contributed by atoms with Crippen LogP contribution in [-0.4, -0.2) is 63.6 Å². The van der Waals surface area contributed by atoms with E-state index in [1.807, 2.05) is 0 Å². The van der Waals surface area contributed by atoms with Crippen LogP contribution >= 0.6 is 11.3 Å². The highest BCUT2D eigenvalue weighted by atomic mass is 32.2. The first-order valence-corrected chi connectivity index (χ1v) is 15.3. The first kappa shape index (κ1) is 28.8. The van der Waals surface area contributed by atoms with Crippen molar-refractivity contribution < 1.29 is 39.9 Å². The lowest BCUT2D eigenvalue weighted by Crippen LogP contribution is -2.45. The summed E-state index contributed by atoms with van der Waals surface area (Å²) < 4.78 is 103. The minimum atomic E-state index is -4.27. The van der Waals surface area contributed by atoms with Crippen LogP contribution in [0.5, 0.6) is 5.88 Å². The van der Waals surface area contributed by atoms with Gasteiger partial charge in [-0.05, 0) is 37.7 Å². The molecule has 0 aliphatic heterocycles. The van der Waals surface area contributed by atoms with E-state index in [1.54, 1.807) is 4.57 Å². The van der Waals surface area contributed by atoms with Gasteiger partial charge in [-0.25, -0.2) is 31.0 Å². The highest BCUT2D eigenvalue weighted by Gasteiger charge is 2.61. The Bertz CT molecular complexity index is 1620. The molecule has 0 aromatic carbocycles. The number of thiophene rings is 1. The molecule has 19 heteroatoms. The number of halogens is 5. The summed E-state index contributed by atoms with van der Waals surface area (Å²) >= 11 is 1.02. The quantitative estimate of drug-likeness (QED) is 0.287. The average molecular weight is 637 g/mol. The van der Waals surface area contributed by atoms with Crippen molar-refractivity contribution in [3.63, 3.8) is 0 Å². The number of rotatable bonds is 10. The molecule has 228 valence electrons. The third-order valence-corrected chi connectivity index (χ3v) is 10.5. The van der Waals surface area contributed by atoms with Crippen molar-refractivity contribution in [3.8, 4) is 5.88 Å². The third kappa shape index (κ3) is 5.56. The van der Waals surface area contributed by atoms with Gasteiger partial charge in [-0.15, -0.1) is 26.6 Å². The molecule has 12 nitrogen and oxygen atoms in total. The molecule has 3 aliphatic rings. The van der Waals surface area contributed by atoms with E-state index in [-0.39, 0.29) is 52.8 Å². The number of nitrogens with one attached hydrogen (secondary N) is 3. The second kappa shape index (κ2) is 10.4. The Balaban J connectivity index is 1.28. The van der Waals surface area contributed by atoms with Crippen molar-refractivity contribution in [2.24, 2.45) is 13.0 Å². The molecule has 3 aromatic heterocycles. The summed E-state index contributed by atoms with van der Waals surface area (Å²) in [6.45, 7) is -3.06. The Morgan fingerprint density at radius 3 is 2.69 bits per heavy atom. The minimum absolute atomic E-state index is 0.0119. The van der Waals surface area contributed by atoms with Gasteiger partial charge in [-0.1, -0.05) is 0 Å². The summed E-state index contributed by atoms with van der Waals surface area (Å²) in [4.78, 5) is 13.0. The normalized spacial score (nSPS) is 24.6. The lowest BCUT2D eigenvalue weighted by atomic mass is 9.92. The number of amides is 1. The Labute approximate surface area is 239 Å². The van der Waals surface area contributed by atoms with Crippen molar-refractivity contribution in [1.82, 2.24) is 29.3 Å². The summed E-state index contributed by atoms with van der Waals surface area (Å²) in [5.74, 6) is -5.45. The number of alkyl halides is 5. The molecular weight excluding hydrogens is 611 g/mol. The van der Waals surface area contributed by atoms with Crippen molar-refractivity contribution in [1.29, 1.82) is 0 Å². The second-order valence-electron chi connectivity index (χ2n) is 10.5. The average Bonchev–Trinajstić information content (AvgIpc) is 3.23. The van der Waals surface area contributed by atoms with E-state index in [9.17, 15) is 35.2 Å². The van der Waals surface area contributed by atoms with Gasteiger partial charge < -0.3 is 15.4 Å². The van der Waals surface area contributed by atoms with Gasteiger partial charge in [0.2, 0.25) is 27.8 Å². The SMILES string of the molecule is Cn1nc(OC(F)F)cc1Nc1nncn1[C@H]1CCc2sc(NC(=O)[C@H]3CC3(F)F)c(S(=O)(=O)NC3CC(F)C3)c2C1. The predicted molar refractivity (Wildman–Crippen MR) is 138 cm³/mol. The molecule has 2 saturated carbocycles. The Morgan fingerprint density at radius 2 is 2.02 bits per heavy atom. The first-order valence-electron chi connectivity index (χ1n) is 13.0. The maximum absolute atomic E-state index is 13.6. The smallest absolute Gasteiger partial charge is 0.388 e. The minimum Gasteiger partial charge on any atom is -0.415 e. The van der Waals surface area contributed by atoms with E-state index < -0.39 is 53.0 Å². The number of hydrogen-bond acceptors (Lipinski definition) is 9. The van der Waals surface area contributed by atoms with Gasteiger partial charge in [0.05, 0.1) is 0 Å². The van der Waals surface area contributed by atoms with E-state index >= 15 is 0 Å². The number of anilines is 3. The number of carbonyl (C=O) groups excluding carboxylic acids is 1. The molecule has 0 spiro atoms. The van der Waals surface area contributed by atoms with Crippen LogP contribution in [0.1, 0.15) is 42.2 Å². The number of ether oxygens (including phenoxy) is 1. The van der Waals surface area contributed by atoms with Gasteiger partial charge in [0, 0.05) is 36.5 Å². The predicted octanol–water partition coefficient (Wildman–Crippen LogP) is 3.52. The topological polar surface area (TPSA) is 145 Å². The highest BCUT2D eigenvalue weighted by molar-refractivity contribution is 7.90. The molecule has 2 fully saturated rings. The standard InChI is InChI=1S/C23H25F5N8O4S2/c1-35-16(7-17(33-35)40-21(25)26)30-22-32-29-9-36(22)12-2-3-15-13(6-12)18(42(38,39)34-11-4-10(24)5-11)20(41-15)31-19(37)14-8-23(14,27)28/h7,9-12,14,21,34H,2-6,8H2,1H3,(H,30,32)(H,31,37)/t10?,11?,12-,14+/m0/s1. The van der Waals surface area contributed by atoms with Gasteiger partial charge in [0.15, 0.2) is 0 Å². The zero-order valence-corrected chi connectivity index (χ0v) is 23.5. The van der Waals surface area contributed by atoms with Gasteiger partial charge in [-0.3, -0.25) is 9.36 Å². The van der Waals surface area contributed by atoms with Crippen molar-refractivity contribution in [3.05, 3.63) is 22.8 Å². The second-order valence-corrected chi connectivity index (χ2v) is 13.3. The van der Waals surface area contributed by atoms with Crippen LogP contribution in [0.4, 0.5) is 38.7 Å². The summed E-state index contributed by atoms with van der Waals surface area (Å²) in [6, 6.07) is 0.252. The fourth-order valence-corrected chi connectivity index (χ4v) is 8.42. The summed E-state index contributed by atoms with van der Waals surface area (Å²) in [7, 11) is -2.76. The van der Waals surface area contributed by atoms with Gasteiger partial charge in [-0.2, -0.15) is 8.78 Å². The van der Waals surface area contributed by atoms with E-state index in [1.165, 1.54) is 24.1 Å². The van der Waals surface area contributed by atoms with Crippen molar-refractivity contribution in [2.45, 2.75) is 74.2 Å². The Kier molecular flexibility index (Phi) is 7.16. The maximum Gasteiger partial charge on any atom is 0.388 e. The maximum atomic E-state index is 13.6. The number of aromatic nitrogens is 5. The van der Waals surface area contributed by atoms with E-state index in [0.717, 1.165) is 11.3 Å². The van der Waals surface area contributed by atoms with Crippen LogP contribution in [0.25, 0.3) is 0 Å². The van der Waals surface area contributed by atoms with Crippen LogP contribution in [0, 0.1) is 5.92 Å². The Morgan fingerprint density at radius 1 is 1.29 bits per heavy atom.